The van der Waals surface area contributed by atoms with Crippen LogP contribution in [-0.2, 0) is 6.54 Å². The Kier molecular flexibility index (Phi) is 3.96. The number of hydrogen-bond acceptors (Lipinski definition) is 4. The topological polar surface area (TPSA) is 57.0 Å². The van der Waals surface area contributed by atoms with Gasteiger partial charge in [0.2, 0.25) is 0 Å². The van der Waals surface area contributed by atoms with E-state index in [0.29, 0.717) is 23.4 Å². The largest absolute Gasteiger partial charge is 0.421 e. The van der Waals surface area contributed by atoms with Gasteiger partial charge in [0.25, 0.3) is 0 Å². The van der Waals surface area contributed by atoms with Crippen molar-refractivity contribution in [2.75, 3.05) is 0 Å². The SMILES string of the molecule is O=C(Oc1cccc2cccnc12)c1cnn(Cc2ccccc2)c1. The van der Waals surface area contributed by atoms with Crippen LogP contribution in [0.25, 0.3) is 10.9 Å². The molecule has 4 aromatic rings. The van der Waals surface area contributed by atoms with E-state index in [1.807, 2.05) is 54.6 Å². The normalized spacial score (nSPS) is 10.7. The molecule has 2 heterocycles. The minimum absolute atomic E-state index is 0.406. The Morgan fingerprint density at radius 1 is 1.00 bits per heavy atom. The molecule has 0 aliphatic rings. The van der Waals surface area contributed by atoms with Crippen LogP contribution < -0.4 is 4.74 Å². The van der Waals surface area contributed by atoms with Crippen LogP contribution in [0, 0.1) is 0 Å². The van der Waals surface area contributed by atoms with Gasteiger partial charge in [0.15, 0.2) is 5.75 Å². The Balaban J connectivity index is 1.53. The molecule has 5 heteroatoms. The zero-order valence-electron chi connectivity index (χ0n) is 13.4. The number of aromatic nitrogens is 3. The van der Waals surface area contributed by atoms with Crippen LogP contribution in [0.1, 0.15) is 15.9 Å². The van der Waals surface area contributed by atoms with Crippen LogP contribution in [0.4, 0.5) is 0 Å². The molecule has 122 valence electrons. The van der Waals surface area contributed by atoms with E-state index in [1.165, 1.54) is 6.20 Å². The lowest BCUT2D eigenvalue weighted by atomic mass is 10.2. The van der Waals surface area contributed by atoms with Gasteiger partial charge >= 0.3 is 5.97 Å². The molecule has 0 atom stereocenters. The second-order valence-electron chi connectivity index (χ2n) is 5.63. The minimum Gasteiger partial charge on any atom is -0.421 e. The summed E-state index contributed by atoms with van der Waals surface area (Å²) in [6.45, 7) is 0.601. The Morgan fingerprint density at radius 2 is 1.84 bits per heavy atom. The summed E-state index contributed by atoms with van der Waals surface area (Å²) in [7, 11) is 0. The van der Waals surface area contributed by atoms with E-state index in [1.54, 1.807) is 23.1 Å². The molecule has 0 saturated heterocycles. The highest BCUT2D eigenvalue weighted by molar-refractivity contribution is 5.93. The molecule has 0 N–H and O–H groups in total. The lowest BCUT2D eigenvalue weighted by molar-refractivity contribution is 0.0736. The summed E-state index contributed by atoms with van der Waals surface area (Å²) in [5.41, 5.74) is 2.18. The number of carbonyl (C=O) groups is 1. The molecule has 0 aliphatic heterocycles. The maximum atomic E-state index is 12.4. The molecule has 0 spiro atoms. The summed E-state index contributed by atoms with van der Waals surface area (Å²) in [6, 6.07) is 19.2. The number of benzene rings is 2. The fraction of sp³-hybridized carbons (Fsp3) is 0.0500. The average molecular weight is 329 g/mol. The number of nitrogens with zero attached hydrogens (tertiary/aromatic N) is 3. The van der Waals surface area contributed by atoms with E-state index < -0.39 is 5.97 Å². The van der Waals surface area contributed by atoms with Crippen molar-refractivity contribution in [3.8, 4) is 5.75 Å². The monoisotopic (exact) mass is 329 g/mol. The van der Waals surface area contributed by atoms with E-state index in [4.69, 9.17) is 4.74 Å². The van der Waals surface area contributed by atoms with Gasteiger partial charge in [-0.15, -0.1) is 0 Å². The molecule has 25 heavy (non-hydrogen) atoms. The van der Waals surface area contributed by atoms with Crippen molar-refractivity contribution in [1.29, 1.82) is 0 Å². The fourth-order valence-corrected chi connectivity index (χ4v) is 2.64. The number of para-hydroxylation sites is 1. The molecule has 0 bridgehead atoms. The van der Waals surface area contributed by atoms with Crippen molar-refractivity contribution in [2.24, 2.45) is 0 Å². The summed E-state index contributed by atoms with van der Waals surface area (Å²) in [4.78, 5) is 16.7. The van der Waals surface area contributed by atoms with Gasteiger partial charge in [-0.05, 0) is 17.7 Å². The van der Waals surface area contributed by atoms with Gasteiger partial charge in [0, 0.05) is 17.8 Å². The number of carbonyl (C=O) groups excluding carboxylic acids is 1. The Hall–Kier alpha value is -3.47. The average Bonchev–Trinajstić information content (AvgIpc) is 3.11. The first-order valence-corrected chi connectivity index (χ1v) is 7.92. The molecule has 2 aromatic carbocycles. The minimum atomic E-state index is -0.447. The maximum Gasteiger partial charge on any atom is 0.346 e. The number of rotatable bonds is 4. The second-order valence-corrected chi connectivity index (χ2v) is 5.63. The molecule has 0 radical (unpaired) electrons. The summed E-state index contributed by atoms with van der Waals surface area (Å²) in [5.74, 6) is -0.00336. The van der Waals surface area contributed by atoms with Crippen LogP contribution in [0.5, 0.6) is 5.75 Å². The van der Waals surface area contributed by atoms with Crippen LogP contribution in [0.3, 0.4) is 0 Å². The smallest absolute Gasteiger partial charge is 0.346 e. The van der Waals surface area contributed by atoms with Gasteiger partial charge in [-0.25, -0.2) is 4.79 Å². The van der Waals surface area contributed by atoms with E-state index in [9.17, 15) is 4.79 Å². The molecule has 0 aliphatic carbocycles. The number of fused-ring (bicyclic) bond motifs is 1. The summed E-state index contributed by atoms with van der Waals surface area (Å²) >= 11 is 0. The predicted molar refractivity (Wildman–Crippen MR) is 94.5 cm³/mol. The van der Waals surface area contributed by atoms with Crippen molar-refractivity contribution < 1.29 is 9.53 Å². The summed E-state index contributed by atoms with van der Waals surface area (Å²) in [6.07, 6.45) is 4.88. The molecule has 0 amide bonds. The zero-order valence-corrected chi connectivity index (χ0v) is 13.4. The first kappa shape index (κ1) is 15.1. The van der Waals surface area contributed by atoms with Crippen molar-refractivity contribution in [1.82, 2.24) is 14.8 Å². The number of pyridine rings is 1. The molecule has 5 nitrogen and oxygen atoms in total. The van der Waals surface area contributed by atoms with Gasteiger partial charge < -0.3 is 4.74 Å². The predicted octanol–water partition coefficient (Wildman–Crippen LogP) is 3.70. The highest BCUT2D eigenvalue weighted by Crippen LogP contribution is 2.23. The summed E-state index contributed by atoms with van der Waals surface area (Å²) in [5, 5.41) is 5.16. The number of esters is 1. The molecule has 0 fully saturated rings. The van der Waals surface area contributed by atoms with Crippen LogP contribution in [-0.4, -0.2) is 20.7 Å². The highest BCUT2D eigenvalue weighted by atomic mass is 16.5. The van der Waals surface area contributed by atoms with Crippen molar-refractivity contribution in [2.45, 2.75) is 6.54 Å². The molecule has 4 rings (SSSR count). The first-order valence-electron chi connectivity index (χ1n) is 7.92. The van der Waals surface area contributed by atoms with Gasteiger partial charge in [-0.1, -0.05) is 48.5 Å². The van der Waals surface area contributed by atoms with E-state index in [-0.39, 0.29) is 0 Å². The third-order valence-corrected chi connectivity index (χ3v) is 3.85. The third kappa shape index (κ3) is 3.26. The lowest BCUT2D eigenvalue weighted by Gasteiger charge is -2.05. The molecule has 0 unspecified atom stereocenters. The van der Waals surface area contributed by atoms with Gasteiger partial charge in [0.1, 0.15) is 5.52 Å². The van der Waals surface area contributed by atoms with Gasteiger partial charge in [-0.2, -0.15) is 5.10 Å². The molecule has 2 aromatic heterocycles. The van der Waals surface area contributed by atoms with E-state index in [0.717, 1.165) is 10.9 Å². The number of ether oxygens (including phenoxy) is 1. The van der Waals surface area contributed by atoms with Crippen molar-refractivity contribution in [3.05, 3.63) is 90.4 Å². The van der Waals surface area contributed by atoms with Crippen LogP contribution in [0.15, 0.2) is 79.3 Å². The third-order valence-electron chi connectivity index (χ3n) is 3.85. The van der Waals surface area contributed by atoms with Gasteiger partial charge in [0.05, 0.1) is 18.3 Å². The van der Waals surface area contributed by atoms with Crippen LogP contribution in [0.2, 0.25) is 0 Å². The van der Waals surface area contributed by atoms with Crippen molar-refractivity contribution in [3.63, 3.8) is 0 Å². The second kappa shape index (κ2) is 6.57. The lowest BCUT2D eigenvalue weighted by Crippen LogP contribution is -2.08. The van der Waals surface area contributed by atoms with Crippen molar-refractivity contribution >= 4 is 16.9 Å². The Morgan fingerprint density at radius 3 is 2.72 bits per heavy atom. The molecule has 0 saturated carbocycles. The number of hydrogen-bond donors (Lipinski definition) is 0. The van der Waals surface area contributed by atoms with Gasteiger partial charge in [-0.3, -0.25) is 9.67 Å². The molecular weight excluding hydrogens is 314 g/mol. The molecular formula is C20H15N3O2. The Bertz CT molecular complexity index is 1020. The highest BCUT2D eigenvalue weighted by Gasteiger charge is 2.13. The van der Waals surface area contributed by atoms with E-state index >= 15 is 0 Å². The Labute approximate surface area is 144 Å². The zero-order chi connectivity index (χ0) is 17.1. The van der Waals surface area contributed by atoms with E-state index in [2.05, 4.69) is 10.1 Å². The quantitative estimate of drug-likeness (QED) is 0.423. The maximum absolute atomic E-state index is 12.4. The standard InChI is InChI=1S/C20H15N3O2/c24-20(25-18-10-4-8-16-9-5-11-21-19(16)18)17-12-22-23(14-17)13-15-6-2-1-3-7-15/h1-12,14H,13H2. The first-order chi connectivity index (χ1) is 12.3. The fourth-order valence-electron chi connectivity index (χ4n) is 2.64. The summed E-state index contributed by atoms with van der Waals surface area (Å²) < 4.78 is 7.24. The van der Waals surface area contributed by atoms with Crippen LogP contribution >= 0.6 is 0 Å².